The van der Waals surface area contributed by atoms with E-state index in [1.165, 1.54) is 6.21 Å². The quantitative estimate of drug-likeness (QED) is 0.390. The zero-order valence-corrected chi connectivity index (χ0v) is 16.4. The van der Waals surface area contributed by atoms with Crippen LogP contribution in [0.5, 0.6) is 11.5 Å². The Morgan fingerprint density at radius 3 is 2.58 bits per heavy atom. The molecule has 2 amide bonds. The molecule has 2 N–H and O–H groups in total. The Morgan fingerprint density at radius 2 is 1.96 bits per heavy atom. The first-order valence-corrected chi connectivity index (χ1v) is 9.03. The number of carbonyl (C=O) groups is 2. The molecular formula is C18H26ClN3O4. The Kier molecular flexibility index (Phi) is 9.51. The van der Waals surface area contributed by atoms with Gasteiger partial charge in [0, 0.05) is 6.04 Å². The summed E-state index contributed by atoms with van der Waals surface area (Å²) in [6.07, 6.45) is 2.95. The van der Waals surface area contributed by atoms with Crippen LogP contribution in [0.1, 0.15) is 46.1 Å². The molecule has 1 aromatic carbocycles. The van der Waals surface area contributed by atoms with Crippen molar-refractivity contribution in [3.05, 3.63) is 22.7 Å². The van der Waals surface area contributed by atoms with Crippen LogP contribution < -0.4 is 20.2 Å². The number of amides is 2. The van der Waals surface area contributed by atoms with Gasteiger partial charge in [-0.1, -0.05) is 25.4 Å². The van der Waals surface area contributed by atoms with E-state index in [-0.39, 0.29) is 6.04 Å². The van der Waals surface area contributed by atoms with Crippen LogP contribution in [0.15, 0.2) is 17.2 Å². The van der Waals surface area contributed by atoms with E-state index in [0.717, 1.165) is 12.8 Å². The number of rotatable bonds is 9. The third-order valence-electron chi connectivity index (χ3n) is 3.36. The number of hydrazone groups is 1. The molecule has 0 aliphatic carbocycles. The van der Waals surface area contributed by atoms with E-state index in [2.05, 4.69) is 15.8 Å². The van der Waals surface area contributed by atoms with Gasteiger partial charge in [0.25, 0.3) is 0 Å². The first-order valence-electron chi connectivity index (χ1n) is 8.65. The zero-order valence-electron chi connectivity index (χ0n) is 15.6. The van der Waals surface area contributed by atoms with Gasteiger partial charge in [-0.2, -0.15) is 5.10 Å². The van der Waals surface area contributed by atoms with Gasteiger partial charge in [0.15, 0.2) is 11.5 Å². The smallest absolute Gasteiger partial charge is 0.329 e. The number of halogens is 1. The van der Waals surface area contributed by atoms with Crippen molar-refractivity contribution in [2.75, 3.05) is 13.2 Å². The third-order valence-corrected chi connectivity index (χ3v) is 3.64. The zero-order chi connectivity index (χ0) is 19.5. The third kappa shape index (κ3) is 6.92. The maximum absolute atomic E-state index is 11.7. The summed E-state index contributed by atoms with van der Waals surface area (Å²) in [6, 6.07) is 3.26. The molecule has 0 saturated heterocycles. The lowest BCUT2D eigenvalue weighted by Gasteiger charge is -2.13. The molecule has 0 radical (unpaired) electrons. The Balaban J connectivity index is 2.81. The molecule has 1 aromatic rings. The summed E-state index contributed by atoms with van der Waals surface area (Å²) in [5.74, 6) is -0.589. The fourth-order valence-corrected chi connectivity index (χ4v) is 2.15. The van der Waals surface area contributed by atoms with Gasteiger partial charge < -0.3 is 14.8 Å². The van der Waals surface area contributed by atoms with Crippen LogP contribution in [0.4, 0.5) is 0 Å². The first-order chi connectivity index (χ1) is 12.4. The second-order valence-electron chi connectivity index (χ2n) is 5.59. The lowest BCUT2D eigenvalue weighted by molar-refractivity contribution is -0.139. The van der Waals surface area contributed by atoms with Crippen molar-refractivity contribution in [1.82, 2.24) is 10.7 Å². The van der Waals surface area contributed by atoms with Gasteiger partial charge in [-0.15, -0.1) is 0 Å². The summed E-state index contributed by atoms with van der Waals surface area (Å²) in [4.78, 5) is 23.3. The highest BCUT2D eigenvalue weighted by Crippen LogP contribution is 2.36. The molecule has 0 bridgehead atoms. The van der Waals surface area contributed by atoms with Crippen LogP contribution >= 0.6 is 11.6 Å². The van der Waals surface area contributed by atoms with Crippen LogP contribution in [0.2, 0.25) is 5.02 Å². The summed E-state index contributed by atoms with van der Waals surface area (Å²) in [6.45, 7) is 8.55. The van der Waals surface area contributed by atoms with Crippen molar-refractivity contribution >= 4 is 29.6 Å². The maximum Gasteiger partial charge on any atom is 0.329 e. The summed E-state index contributed by atoms with van der Waals surface area (Å²) in [5, 5.41) is 6.73. The van der Waals surface area contributed by atoms with E-state index in [9.17, 15) is 9.59 Å². The minimum atomic E-state index is -0.833. The standard InChI is InChI=1S/C18H26ClN3O4/c1-5-8-26-16-14(19)9-13(10-15(16)25-7-3)11-20-22-18(24)17(23)21-12(4)6-2/h9-12H,5-8H2,1-4H3,(H,21,23)(H,22,24)/b20-11-/t12-/m1/s1. The molecular weight excluding hydrogens is 358 g/mol. The second kappa shape index (κ2) is 11.4. The summed E-state index contributed by atoms with van der Waals surface area (Å²) in [7, 11) is 0. The second-order valence-corrected chi connectivity index (χ2v) is 6.00. The molecule has 0 saturated carbocycles. The van der Waals surface area contributed by atoms with E-state index in [1.807, 2.05) is 27.7 Å². The molecule has 0 fully saturated rings. The average Bonchev–Trinajstić information content (AvgIpc) is 2.61. The molecule has 0 aliphatic heterocycles. The predicted molar refractivity (Wildman–Crippen MR) is 102 cm³/mol. The molecule has 0 aliphatic rings. The number of hydrogen-bond acceptors (Lipinski definition) is 5. The normalized spacial score (nSPS) is 11.9. The molecule has 8 heteroatoms. The predicted octanol–water partition coefficient (Wildman–Crippen LogP) is 2.89. The number of hydrogen-bond donors (Lipinski definition) is 2. The molecule has 0 aromatic heterocycles. The van der Waals surface area contributed by atoms with E-state index in [4.69, 9.17) is 21.1 Å². The molecule has 0 unspecified atom stereocenters. The molecule has 1 atom stereocenters. The van der Waals surface area contributed by atoms with E-state index in [1.54, 1.807) is 12.1 Å². The van der Waals surface area contributed by atoms with Crippen molar-refractivity contribution in [2.45, 2.75) is 46.6 Å². The molecule has 0 spiro atoms. The Bertz CT molecular complexity index is 650. The molecule has 144 valence electrons. The van der Waals surface area contributed by atoms with Crippen LogP contribution in [0.25, 0.3) is 0 Å². The highest BCUT2D eigenvalue weighted by molar-refractivity contribution is 6.35. The summed E-state index contributed by atoms with van der Waals surface area (Å²) >= 11 is 6.25. The average molecular weight is 384 g/mol. The van der Waals surface area contributed by atoms with Gasteiger partial charge in [-0.3, -0.25) is 9.59 Å². The monoisotopic (exact) mass is 383 g/mol. The first kappa shape index (κ1) is 21.8. The van der Waals surface area contributed by atoms with Crippen molar-refractivity contribution in [3.63, 3.8) is 0 Å². The van der Waals surface area contributed by atoms with Crippen molar-refractivity contribution in [2.24, 2.45) is 5.10 Å². The van der Waals surface area contributed by atoms with Crippen LogP contribution in [-0.4, -0.2) is 37.3 Å². The van der Waals surface area contributed by atoms with Gasteiger partial charge in [0.2, 0.25) is 0 Å². The van der Waals surface area contributed by atoms with Gasteiger partial charge in [0.1, 0.15) is 0 Å². The maximum atomic E-state index is 11.7. The molecule has 0 heterocycles. The molecule has 1 rings (SSSR count). The largest absolute Gasteiger partial charge is 0.490 e. The lowest BCUT2D eigenvalue weighted by Crippen LogP contribution is -2.41. The van der Waals surface area contributed by atoms with Crippen LogP contribution in [0, 0.1) is 0 Å². The molecule has 26 heavy (non-hydrogen) atoms. The number of nitrogens with one attached hydrogen (secondary N) is 2. The minimum absolute atomic E-state index is 0.0829. The number of carbonyl (C=O) groups excluding carboxylic acids is 2. The highest BCUT2D eigenvalue weighted by atomic mass is 35.5. The highest BCUT2D eigenvalue weighted by Gasteiger charge is 2.15. The Hall–Kier alpha value is -2.28. The summed E-state index contributed by atoms with van der Waals surface area (Å²) in [5.41, 5.74) is 2.79. The topological polar surface area (TPSA) is 89.0 Å². The van der Waals surface area contributed by atoms with Crippen molar-refractivity contribution in [1.29, 1.82) is 0 Å². The minimum Gasteiger partial charge on any atom is -0.490 e. The Labute approximate surface area is 159 Å². The van der Waals surface area contributed by atoms with E-state index >= 15 is 0 Å². The van der Waals surface area contributed by atoms with Gasteiger partial charge in [-0.05, 0) is 44.4 Å². The number of benzene rings is 1. The Morgan fingerprint density at radius 1 is 1.23 bits per heavy atom. The van der Waals surface area contributed by atoms with Crippen LogP contribution in [-0.2, 0) is 9.59 Å². The molecule has 7 nitrogen and oxygen atoms in total. The van der Waals surface area contributed by atoms with Gasteiger partial charge >= 0.3 is 11.8 Å². The lowest BCUT2D eigenvalue weighted by atomic mass is 10.2. The SMILES string of the molecule is CCCOc1c(Cl)cc(/C=N\NC(=O)C(=O)N[C@H](C)CC)cc1OCC. The van der Waals surface area contributed by atoms with Gasteiger partial charge in [0.05, 0.1) is 24.5 Å². The number of ether oxygens (including phenoxy) is 2. The fourth-order valence-electron chi connectivity index (χ4n) is 1.88. The van der Waals surface area contributed by atoms with Crippen molar-refractivity contribution < 1.29 is 19.1 Å². The van der Waals surface area contributed by atoms with E-state index in [0.29, 0.717) is 35.3 Å². The van der Waals surface area contributed by atoms with Crippen LogP contribution in [0.3, 0.4) is 0 Å². The summed E-state index contributed by atoms with van der Waals surface area (Å²) < 4.78 is 11.2. The number of nitrogens with zero attached hydrogens (tertiary/aromatic N) is 1. The fraction of sp³-hybridized carbons (Fsp3) is 0.500. The van der Waals surface area contributed by atoms with E-state index < -0.39 is 11.8 Å². The van der Waals surface area contributed by atoms with Crippen molar-refractivity contribution in [3.8, 4) is 11.5 Å². The van der Waals surface area contributed by atoms with Gasteiger partial charge in [-0.25, -0.2) is 5.43 Å².